The van der Waals surface area contributed by atoms with Crippen LogP contribution in [0, 0.1) is 5.82 Å². The van der Waals surface area contributed by atoms with E-state index in [0.29, 0.717) is 17.9 Å². The summed E-state index contributed by atoms with van der Waals surface area (Å²) in [7, 11) is 0. The molecule has 0 unspecified atom stereocenters. The summed E-state index contributed by atoms with van der Waals surface area (Å²) in [5.74, 6) is -0.229. The Labute approximate surface area is 204 Å². The Bertz CT molecular complexity index is 1160. The third-order valence-corrected chi connectivity index (χ3v) is 5.68. The minimum Gasteiger partial charge on any atom is -0.369 e. The van der Waals surface area contributed by atoms with Crippen molar-refractivity contribution in [1.29, 1.82) is 0 Å². The van der Waals surface area contributed by atoms with Crippen LogP contribution in [-0.2, 0) is 0 Å². The molecule has 2 aromatic carbocycles. The van der Waals surface area contributed by atoms with Crippen molar-refractivity contribution in [3.63, 3.8) is 0 Å². The van der Waals surface area contributed by atoms with Gasteiger partial charge in [-0.15, -0.1) is 0 Å². The molecule has 1 saturated heterocycles. The summed E-state index contributed by atoms with van der Waals surface area (Å²) >= 11 is 0. The van der Waals surface area contributed by atoms with Gasteiger partial charge in [-0.2, -0.15) is 4.98 Å². The van der Waals surface area contributed by atoms with Gasteiger partial charge in [0.25, 0.3) is 0 Å². The summed E-state index contributed by atoms with van der Waals surface area (Å²) in [6.07, 6.45) is 2.74. The lowest BCUT2D eigenvalue weighted by Crippen LogP contribution is -2.47. The molecule has 2 heterocycles. The van der Waals surface area contributed by atoms with Gasteiger partial charge in [0, 0.05) is 61.2 Å². The molecule has 0 aliphatic carbocycles. The number of aromatic nitrogens is 2. The molecule has 0 bridgehead atoms. The Morgan fingerprint density at radius 2 is 1.74 bits per heavy atom. The maximum atomic E-state index is 14.4. The van der Waals surface area contributed by atoms with Crippen molar-refractivity contribution >= 4 is 34.5 Å². The monoisotopic (exact) mass is 477 g/mol. The van der Waals surface area contributed by atoms with E-state index in [9.17, 15) is 8.78 Å². The molecule has 0 radical (unpaired) electrons. The number of anilines is 6. The number of allylic oxidation sites excluding steroid dienone is 1. The highest BCUT2D eigenvalue weighted by Crippen LogP contribution is 2.24. The van der Waals surface area contributed by atoms with Crippen molar-refractivity contribution in [3.8, 4) is 0 Å². The van der Waals surface area contributed by atoms with E-state index >= 15 is 0 Å². The van der Waals surface area contributed by atoms with E-state index in [4.69, 9.17) is 0 Å². The topological polar surface area (TPSA) is 68.4 Å². The second-order valence-corrected chi connectivity index (χ2v) is 8.14. The van der Waals surface area contributed by atoms with Crippen molar-refractivity contribution in [2.24, 2.45) is 0 Å². The number of hydrogen-bond donors (Lipinski definition) is 3. The Morgan fingerprint density at radius 1 is 1.00 bits per heavy atom. The number of alkyl halides is 1. The molecule has 0 amide bonds. The highest BCUT2D eigenvalue weighted by molar-refractivity contribution is 5.66. The van der Waals surface area contributed by atoms with Gasteiger partial charge in [0.2, 0.25) is 5.95 Å². The van der Waals surface area contributed by atoms with Crippen molar-refractivity contribution in [2.45, 2.75) is 0 Å². The molecule has 4 rings (SSSR count). The minimum absolute atomic E-state index is 0.0602. The van der Waals surface area contributed by atoms with E-state index in [-0.39, 0.29) is 18.4 Å². The average molecular weight is 478 g/mol. The van der Waals surface area contributed by atoms with Gasteiger partial charge in [-0.1, -0.05) is 19.2 Å². The standard InChI is InChI=1S/C26H29F2N7/c1-3-19(2)30-21-5-4-6-22(17-21)31-25-24(28)18-29-26(33-25)32-20-7-9-23(10-8-20)35-15-13-34(12-11-27)14-16-35/h3-10,17-18,30H,1-2,11-16H2,(H2,29,31,32,33). The van der Waals surface area contributed by atoms with Gasteiger partial charge in [0.05, 0.1) is 6.20 Å². The first-order valence-corrected chi connectivity index (χ1v) is 11.4. The molecule has 1 fully saturated rings. The van der Waals surface area contributed by atoms with Gasteiger partial charge in [0.1, 0.15) is 6.67 Å². The maximum absolute atomic E-state index is 14.4. The number of halogens is 2. The molecule has 3 N–H and O–H groups in total. The first kappa shape index (κ1) is 24.2. The highest BCUT2D eigenvalue weighted by atomic mass is 19.1. The molecular weight excluding hydrogens is 448 g/mol. The van der Waals surface area contributed by atoms with E-state index in [1.807, 2.05) is 48.5 Å². The minimum atomic E-state index is -0.563. The fraction of sp³-hybridized carbons (Fsp3) is 0.231. The lowest BCUT2D eigenvalue weighted by Gasteiger charge is -2.35. The predicted molar refractivity (Wildman–Crippen MR) is 139 cm³/mol. The summed E-state index contributed by atoms with van der Waals surface area (Å²) in [5.41, 5.74) is 4.00. The zero-order chi connectivity index (χ0) is 24.6. The van der Waals surface area contributed by atoms with E-state index in [2.05, 4.69) is 48.9 Å². The SMILES string of the molecule is C=CC(=C)Nc1cccc(Nc2nc(Nc3ccc(N4CCN(CCF)CC4)cc3)ncc2F)c1. The molecule has 9 heteroatoms. The van der Waals surface area contributed by atoms with Crippen LogP contribution in [0.15, 0.2) is 79.7 Å². The van der Waals surface area contributed by atoms with Crippen LogP contribution in [0.3, 0.4) is 0 Å². The Hall–Kier alpha value is -3.98. The Kier molecular flexibility index (Phi) is 7.89. The largest absolute Gasteiger partial charge is 0.369 e. The van der Waals surface area contributed by atoms with Gasteiger partial charge in [-0.25, -0.2) is 13.8 Å². The van der Waals surface area contributed by atoms with Gasteiger partial charge >= 0.3 is 0 Å². The van der Waals surface area contributed by atoms with Crippen LogP contribution in [0.5, 0.6) is 0 Å². The van der Waals surface area contributed by atoms with E-state index in [0.717, 1.165) is 49.4 Å². The second kappa shape index (κ2) is 11.4. The highest BCUT2D eigenvalue weighted by Gasteiger charge is 2.17. The number of hydrogen-bond acceptors (Lipinski definition) is 7. The van der Waals surface area contributed by atoms with Gasteiger partial charge in [-0.3, -0.25) is 4.90 Å². The fourth-order valence-electron chi connectivity index (χ4n) is 3.80. The third-order valence-electron chi connectivity index (χ3n) is 5.68. The molecule has 35 heavy (non-hydrogen) atoms. The van der Waals surface area contributed by atoms with Gasteiger partial charge in [-0.05, 0) is 48.5 Å². The van der Waals surface area contributed by atoms with Crippen LogP contribution in [0.2, 0.25) is 0 Å². The summed E-state index contributed by atoms with van der Waals surface area (Å²) in [5, 5.41) is 9.22. The molecule has 3 aromatic rings. The molecule has 7 nitrogen and oxygen atoms in total. The van der Waals surface area contributed by atoms with Crippen LogP contribution >= 0.6 is 0 Å². The van der Waals surface area contributed by atoms with Gasteiger partial charge in [0.15, 0.2) is 11.6 Å². The first-order chi connectivity index (χ1) is 17.0. The third kappa shape index (κ3) is 6.54. The number of nitrogens with zero attached hydrogens (tertiary/aromatic N) is 4. The molecule has 1 aliphatic rings. The van der Waals surface area contributed by atoms with E-state index < -0.39 is 5.82 Å². The summed E-state index contributed by atoms with van der Waals surface area (Å²) in [6, 6.07) is 15.2. The number of benzene rings is 2. The van der Waals surface area contributed by atoms with Crippen LogP contribution in [-0.4, -0.2) is 54.3 Å². The quantitative estimate of drug-likeness (QED) is 0.342. The molecule has 0 spiro atoms. The molecule has 1 aromatic heterocycles. The first-order valence-electron chi connectivity index (χ1n) is 11.4. The second-order valence-electron chi connectivity index (χ2n) is 8.14. The van der Waals surface area contributed by atoms with Crippen molar-refractivity contribution < 1.29 is 8.78 Å². The van der Waals surface area contributed by atoms with E-state index in [1.54, 1.807) is 6.08 Å². The average Bonchev–Trinajstić information content (AvgIpc) is 2.87. The zero-order valence-electron chi connectivity index (χ0n) is 19.5. The van der Waals surface area contributed by atoms with Crippen LogP contribution in [0.4, 0.5) is 43.3 Å². The Morgan fingerprint density at radius 3 is 2.46 bits per heavy atom. The number of rotatable bonds is 10. The van der Waals surface area contributed by atoms with Crippen molar-refractivity contribution in [3.05, 3.63) is 85.5 Å². The summed E-state index contributed by atoms with van der Waals surface area (Å²) < 4.78 is 26.9. The summed E-state index contributed by atoms with van der Waals surface area (Å²) in [4.78, 5) is 12.8. The summed E-state index contributed by atoms with van der Waals surface area (Å²) in [6.45, 7) is 11.1. The number of nitrogens with one attached hydrogen (secondary N) is 3. The zero-order valence-corrected chi connectivity index (χ0v) is 19.5. The molecule has 182 valence electrons. The van der Waals surface area contributed by atoms with Crippen molar-refractivity contribution in [1.82, 2.24) is 14.9 Å². The Balaban J connectivity index is 1.40. The predicted octanol–water partition coefficient (Wildman–Crippen LogP) is 5.31. The lowest BCUT2D eigenvalue weighted by molar-refractivity contribution is 0.235. The smallest absolute Gasteiger partial charge is 0.229 e. The fourth-order valence-corrected chi connectivity index (χ4v) is 3.80. The molecule has 1 aliphatic heterocycles. The molecular formula is C26H29F2N7. The maximum Gasteiger partial charge on any atom is 0.229 e. The van der Waals surface area contributed by atoms with E-state index in [1.165, 1.54) is 0 Å². The van der Waals surface area contributed by atoms with Crippen molar-refractivity contribution in [2.75, 3.05) is 60.2 Å². The molecule has 0 atom stereocenters. The number of piperazine rings is 1. The van der Waals surface area contributed by atoms with Gasteiger partial charge < -0.3 is 20.9 Å². The van der Waals surface area contributed by atoms with Crippen LogP contribution < -0.4 is 20.9 Å². The molecule has 0 saturated carbocycles. The van der Waals surface area contributed by atoms with Crippen LogP contribution in [0.1, 0.15) is 0 Å². The van der Waals surface area contributed by atoms with Crippen LogP contribution in [0.25, 0.3) is 0 Å². The normalized spacial score (nSPS) is 13.8. The lowest BCUT2D eigenvalue weighted by atomic mass is 10.2.